The first-order valence-electron chi connectivity index (χ1n) is 11.9. The molecule has 0 unspecified atom stereocenters. The van der Waals surface area contributed by atoms with Crippen LogP contribution >= 0.6 is 0 Å². The van der Waals surface area contributed by atoms with Crippen LogP contribution in [-0.4, -0.2) is 118 Å². The van der Waals surface area contributed by atoms with E-state index >= 15 is 0 Å². The number of carboxylic acids is 1. The van der Waals surface area contributed by atoms with E-state index in [9.17, 15) is 40.2 Å². The summed E-state index contributed by atoms with van der Waals surface area (Å²) in [6.45, 7) is 3.31. The summed E-state index contributed by atoms with van der Waals surface area (Å²) in [7, 11) is 1.20. The van der Waals surface area contributed by atoms with Crippen molar-refractivity contribution in [3.8, 4) is 0 Å². The number of hydrogen-bond donors (Lipinski definition) is 6. The van der Waals surface area contributed by atoms with E-state index in [0.29, 0.717) is 5.57 Å². The lowest BCUT2D eigenvalue weighted by Crippen LogP contribution is -2.60. The number of methoxy groups -OCH3 is 1. The number of carbonyl (C=O) groups is 2. The molecule has 0 amide bonds. The quantitative estimate of drug-likeness (QED) is 0.137. The first-order chi connectivity index (χ1) is 18.1. The maximum absolute atomic E-state index is 12.5. The van der Waals surface area contributed by atoms with E-state index < -0.39 is 67.4 Å². The van der Waals surface area contributed by atoms with Crippen molar-refractivity contribution in [2.24, 2.45) is 11.8 Å². The van der Waals surface area contributed by atoms with Gasteiger partial charge in [0.05, 0.1) is 43.6 Å². The van der Waals surface area contributed by atoms with Crippen LogP contribution in [0, 0.1) is 11.8 Å². The molecule has 3 aliphatic rings. The van der Waals surface area contributed by atoms with Crippen molar-refractivity contribution in [1.29, 1.82) is 0 Å². The Bertz CT molecular complexity index is 1000. The molecule has 3 aliphatic heterocycles. The molecule has 38 heavy (non-hydrogen) atoms. The van der Waals surface area contributed by atoms with Crippen LogP contribution in [0.15, 0.2) is 60.1 Å². The molecule has 0 aromatic rings. The summed E-state index contributed by atoms with van der Waals surface area (Å²) >= 11 is 0. The van der Waals surface area contributed by atoms with Gasteiger partial charge in [-0.2, -0.15) is 0 Å². The predicted molar refractivity (Wildman–Crippen MR) is 129 cm³/mol. The summed E-state index contributed by atoms with van der Waals surface area (Å²) in [6, 6.07) is 0. The molecule has 8 atom stereocenters. The summed E-state index contributed by atoms with van der Waals surface area (Å²) in [5.41, 5.74) is 0.709. The number of esters is 1. The number of carboxylic acid groups (broad SMARTS) is 1. The van der Waals surface area contributed by atoms with Gasteiger partial charge in [-0.1, -0.05) is 18.2 Å². The standard InChI is InChI=1S/C25H33NO12/c1-3-15-16(5-4-13-8-14(22(32)33)10-26(9-13)6-7-27)17(23(34)35-2)12-36-24(15)38-25-21(31)20(30)19(29)18(11-28)37-25/h3-5,8-9,12,15-16,18-21,24-25,27-31H,1,6-7,10-11H2,2H3,(H,32,33)/b5-4+/t15-,16-,18-,19-,20+,21-,24+,25+/m1/s1. The zero-order valence-corrected chi connectivity index (χ0v) is 20.7. The molecule has 0 aliphatic carbocycles. The zero-order valence-electron chi connectivity index (χ0n) is 20.7. The number of nitrogens with zero attached hydrogens (tertiary/aromatic N) is 1. The van der Waals surface area contributed by atoms with Crippen LogP contribution in [0.2, 0.25) is 0 Å². The van der Waals surface area contributed by atoms with Crippen molar-refractivity contribution in [2.45, 2.75) is 37.0 Å². The minimum atomic E-state index is -1.67. The molecule has 0 spiro atoms. The Morgan fingerprint density at radius 2 is 1.92 bits per heavy atom. The van der Waals surface area contributed by atoms with Crippen molar-refractivity contribution < 1.29 is 59.2 Å². The second-order valence-electron chi connectivity index (χ2n) is 8.90. The third kappa shape index (κ3) is 6.50. The van der Waals surface area contributed by atoms with Crippen molar-refractivity contribution in [1.82, 2.24) is 4.90 Å². The van der Waals surface area contributed by atoms with Gasteiger partial charge in [-0.05, 0) is 11.6 Å². The number of ether oxygens (including phenoxy) is 4. The monoisotopic (exact) mass is 539 g/mol. The van der Waals surface area contributed by atoms with E-state index in [1.807, 2.05) is 0 Å². The van der Waals surface area contributed by atoms with Crippen molar-refractivity contribution in [3.05, 3.63) is 60.1 Å². The molecule has 6 N–H and O–H groups in total. The third-order valence-corrected chi connectivity index (χ3v) is 6.43. The van der Waals surface area contributed by atoms with Crippen LogP contribution < -0.4 is 0 Å². The third-order valence-electron chi connectivity index (χ3n) is 6.43. The van der Waals surface area contributed by atoms with E-state index in [1.54, 1.807) is 23.3 Å². The molecule has 3 rings (SSSR count). The largest absolute Gasteiger partial charge is 0.478 e. The Morgan fingerprint density at radius 3 is 2.53 bits per heavy atom. The predicted octanol–water partition coefficient (Wildman–Crippen LogP) is -1.61. The van der Waals surface area contributed by atoms with Crippen LogP contribution in [0.5, 0.6) is 0 Å². The second kappa shape index (κ2) is 13.2. The first kappa shape index (κ1) is 29.5. The molecular weight excluding hydrogens is 506 g/mol. The van der Waals surface area contributed by atoms with E-state index in [2.05, 4.69) is 6.58 Å². The minimum absolute atomic E-state index is 0.105. The van der Waals surface area contributed by atoms with Crippen molar-refractivity contribution in [3.63, 3.8) is 0 Å². The van der Waals surface area contributed by atoms with Crippen LogP contribution in [0.4, 0.5) is 0 Å². The van der Waals surface area contributed by atoms with Gasteiger partial charge in [-0.15, -0.1) is 6.58 Å². The molecule has 0 radical (unpaired) electrons. The molecule has 1 saturated heterocycles. The highest BCUT2D eigenvalue weighted by atomic mass is 16.8. The molecule has 13 nitrogen and oxygen atoms in total. The Kier molecular flexibility index (Phi) is 10.2. The smallest absolute Gasteiger partial charge is 0.337 e. The van der Waals surface area contributed by atoms with Crippen LogP contribution in [-0.2, 0) is 28.5 Å². The molecule has 0 aromatic heterocycles. The zero-order chi connectivity index (χ0) is 28.0. The second-order valence-corrected chi connectivity index (χ2v) is 8.90. The highest BCUT2D eigenvalue weighted by molar-refractivity contribution is 5.89. The van der Waals surface area contributed by atoms with E-state index in [1.165, 1.54) is 19.3 Å². The van der Waals surface area contributed by atoms with Gasteiger partial charge >= 0.3 is 11.9 Å². The fraction of sp³-hybridized carbons (Fsp3) is 0.520. The van der Waals surface area contributed by atoms with Crippen LogP contribution in [0.1, 0.15) is 0 Å². The highest BCUT2D eigenvalue weighted by Crippen LogP contribution is 2.36. The fourth-order valence-corrected chi connectivity index (χ4v) is 4.38. The Labute approximate surface area is 218 Å². The van der Waals surface area contributed by atoms with E-state index in [0.717, 1.165) is 6.26 Å². The Morgan fingerprint density at radius 1 is 1.18 bits per heavy atom. The molecule has 0 saturated carbocycles. The number of aliphatic hydroxyl groups excluding tert-OH is 5. The normalized spacial score (nSPS) is 33.6. The van der Waals surface area contributed by atoms with E-state index in [4.69, 9.17) is 18.9 Å². The van der Waals surface area contributed by atoms with Gasteiger partial charge in [0, 0.05) is 25.2 Å². The van der Waals surface area contributed by atoms with Gasteiger partial charge in [-0.25, -0.2) is 9.59 Å². The summed E-state index contributed by atoms with van der Waals surface area (Å²) in [4.78, 5) is 25.7. The number of β-amino-alcohol motifs (C(OH)–C–C–N with tert-alkyl or cyclic N) is 1. The van der Waals surface area contributed by atoms with Crippen molar-refractivity contribution in [2.75, 3.05) is 33.4 Å². The van der Waals surface area contributed by atoms with Gasteiger partial charge in [0.2, 0.25) is 6.29 Å². The Balaban J connectivity index is 1.90. The van der Waals surface area contributed by atoms with Crippen LogP contribution in [0.3, 0.4) is 0 Å². The summed E-state index contributed by atoms with van der Waals surface area (Å²) in [5, 5.41) is 58.6. The lowest BCUT2D eigenvalue weighted by atomic mass is 9.83. The van der Waals surface area contributed by atoms with Gasteiger partial charge in [0.15, 0.2) is 6.29 Å². The first-order valence-corrected chi connectivity index (χ1v) is 11.9. The Hall–Kier alpha value is -3.04. The maximum Gasteiger partial charge on any atom is 0.337 e. The number of carbonyl (C=O) groups excluding carboxylic acids is 1. The van der Waals surface area contributed by atoms with Gasteiger partial charge in [0.1, 0.15) is 24.4 Å². The van der Waals surface area contributed by atoms with Gasteiger partial charge in [0.25, 0.3) is 0 Å². The number of aliphatic carboxylic acids is 1. The molecule has 210 valence electrons. The molecule has 1 fully saturated rings. The lowest BCUT2D eigenvalue weighted by molar-refractivity contribution is -0.338. The number of hydrogen-bond acceptors (Lipinski definition) is 12. The maximum atomic E-state index is 12.5. The molecule has 0 bridgehead atoms. The van der Waals surface area contributed by atoms with Crippen molar-refractivity contribution >= 4 is 11.9 Å². The van der Waals surface area contributed by atoms with Gasteiger partial charge < -0.3 is 54.5 Å². The minimum Gasteiger partial charge on any atom is -0.478 e. The lowest BCUT2D eigenvalue weighted by Gasteiger charge is -2.42. The molecule has 0 aromatic carbocycles. The topological polar surface area (TPSA) is 196 Å². The average Bonchev–Trinajstić information content (AvgIpc) is 2.91. The SMILES string of the molecule is C=C[C@H]1[C@H](O[C@@H]2O[C@H](CO)[C@@H](O)[C@H](O)[C@H]2O)OC=C(C(=O)OC)[C@@H]1/C=C/C1=CN(CCO)CC(C(=O)O)=C1. The molecule has 3 heterocycles. The van der Waals surface area contributed by atoms with Crippen LogP contribution in [0.25, 0.3) is 0 Å². The van der Waals surface area contributed by atoms with E-state index in [-0.39, 0.29) is 30.8 Å². The summed E-state index contributed by atoms with van der Waals surface area (Å²) in [6.07, 6.45) is 0.143. The number of aliphatic hydroxyl groups is 5. The summed E-state index contributed by atoms with van der Waals surface area (Å²) in [5.74, 6) is -3.32. The number of allylic oxidation sites excluding steroid dienone is 4. The molecule has 13 heteroatoms. The highest BCUT2D eigenvalue weighted by Gasteiger charge is 2.47. The fourth-order valence-electron chi connectivity index (χ4n) is 4.38. The van der Waals surface area contributed by atoms with Gasteiger partial charge in [-0.3, -0.25) is 0 Å². The molecular formula is C25H33NO12. The number of rotatable bonds is 10. The average molecular weight is 540 g/mol. The summed E-state index contributed by atoms with van der Waals surface area (Å²) < 4.78 is 21.6.